The van der Waals surface area contributed by atoms with E-state index in [9.17, 15) is 9.90 Å². The Morgan fingerprint density at radius 3 is 2.72 bits per heavy atom. The van der Waals surface area contributed by atoms with Gasteiger partial charge in [0.15, 0.2) is 0 Å². The third-order valence-corrected chi connectivity index (χ3v) is 2.62. The van der Waals surface area contributed by atoms with Gasteiger partial charge in [0, 0.05) is 18.2 Å². The first-order valence-electron chi connectivity index (χ1n) is 6.15. The van der Waals surface area contributed by atoms with Gasteiger partial charge in [-0.15, -0.1) is 0 Å². The van der Waals surface area contributed by atoms with Crippen LogP contribution in [0, 0.1) is 6.92 Å². The van der Waals surface area contributed by atoms with Crippen LogP contribution in [-0.4, -0.2) is 35.5 Å². The summed E-state index contributed by atoms with van der Waals surface area (Å²) in [6.45, 7) is 6.61. The fourth-order valence-corrected chi connectivity index (χ4v) is 1.81. The SMILES string of the molecule is Cc1cccc(CN(C)CC(=O)NC(C)C)c1O. The summed E-state index contributed by atoms with van der Waals surface area (Å²) in [5.41, 5.74) is 1.70. The maximum atomic E-state index is 11.6. The number of rotatable bonds is 5. The minimum absolute atomic E-state index is 0.000331. The normalized spacial score (nSPS) is 11.0. The van der Waals surface area contributed by atoms with Gasteiger partial charge in [-0.05, 0) is 33.4 Å². The topological polar surface area (TPSA) is 52.6 Å². The molecule has 4 nitrogen and oxygen atoms in total. The van der Waals surface area contributed by atoms with E-state index in [1.807, 2.05) is 50.9 Å². The van der Waals surface area contributed by atoms with Crippen LogP contribution in [-0.2, 0) is 11.3 Å². The number of hydrogen-bond donors (Lipinski definition) is 2. The van der Waals surface area contributed by atoms with Gasteiger partial charge in [-0.3, -0.25) is 9.69 Å². The average molecular weight is 250 g/mol. The van der Waals surface area contributed by atoms with E-state index < -0.39 is 0 Å². The van der Waals surface area contributed by atoms with Gasteiger partial charge >= 0.3 is 0 Å². The van der Waals surface area contributed by atoms with Gasteiger partial charge in [-0.1, -0.05) is 18.2 Å². The van der Waals surface area contributed by atoms with E-state index in [0.717, 1.165) is 11.1 Å². The van der Waals surface area contributed by atoms with Crippen molar-refractivity contribution in [2.24, 2.45) is 0 Å². The number of aryl methyl sites for hydroxylation is 1. The van der Waals surface area contributed by atoms with Gasteiger partial charge in [-0.2, -0.15) is 0 Å². The third kappa shape index (κ3) is 4.37. The molecule has 0 heterocycles. The van der Waals surface area contributed by atoms with Crippen molar-refractivity contribution in [1.29, 1.82) is 0 Å². The maximum Gasteiger partial charge on any atom is 0.234 e. The zero-order valence-corrected chi connectivity index (χ0v) is 11.5. The first kappa shape index (κ1) is 14.5. The molecule has 0 saturated heterocycles. The van der Waals surface area contributed by atoms with Crippen LogP contribution in [0.5, 0.6) is 5.75 Å². The number of nitrogens with one attached hydrogen (secondary N) is 1. The van der Waals surface area contributed by atoms with Gasteiger partial charge in [0.25, 0.3) is 0 Å². The Morgan fingerprint density at radius 2 is 2.11 bits per heavy atom. The Balaban J connectivity index is 2.57. The fraction of sp³-hybridized carbons (Fsp3) is 0.500. The van der Waals surface area contributed by atoms with Gasteiger partial charge in [0.1, 0.15) is 5.75 Å². The van der Waals surface area contributed by atoms with E-state index in [1.54, 1.807) is 0 Å². The van der Waals surface area contributed by atoms with Crippen molar-refractivity contribution >= 4 is 5.91 Å². The summed E-state index contributed by atoms with van der Waals surface area (Å²) in [7, 11) is 1.86. The molecule has 1 aromatic carbocycles. The van der Waals surface area contributed by atoms with E-state index in [-0.39, 0.29) is 11.9 Å². The summed E-state index contributed by atoms with van der Waals surface area (Å²) in [5, 5.41) is 12.7. The molecular formula is C14H22N2O2. The Kier molecular flexibility index (Phi) is 5.16. The summed E-state index contributed by atoms with van der Waals surface area (Å²) in [5.74, 6) is 0.313. The lowest BCUT2D eigenvalue weighted by molar-refractivity contribution is -0.122. The molecule has 1 rings (SSSR count). The molecule has 0 aliphatic heterocycles. The van der Waals surface area contributed by atoms with Crippen molar-refractivity contribution in [3.8, 4) is 5.75 Å². The monoisotopic (exact) mass is 250 g/mol. The van der Waals surface area contributed by atoms with E-state index in [2.05, 4.69) is 5.32 Å². The molecule has 1 aromatic rings. The molecule has 100 valence electrons. The van der Waals surface area contributed by atoms with Crippen molar-refractivity contribution < 1.29 is 9.90 Å². The van der Waals surface area contributed by atoms with Crippen molar-refractivity contribution in [3.05, 3.63) is 29.3 Å². The molecule has 2 N–H and O–H groups in total. The quantitative estimate of drug-likeness (QED) is 0.835. The fourth-order valence-electron chi connectivity index (χ4n) is 1.81. The number of phenols is 1. The second kappa shape index (κ2) is 6.40. The van der Waals surface area contributed by atoms with Crippen LogP contribution in [0.15, 0.2) is 18.2 Å². The van der Waals surface area contributed by atoms with Gasteiger partial charge < -0.3 is 10.4 Å². The number of likely N-dealkylation sites (N-methyl/N-ethyl adjacent to an activating group) is 1. The van der Waals surface area contributed by atoms with Crippen molar-refractivity contribution in [2.45, 2.75) is 33.4 Å². The highest BCUT2D eigenvalue weighted by Crippen LogP contribution is 2.22. The number of para-hydroxylation sites is 1. The molecule has 0 aromatic heterocycles. The van der Waals surface area contributed by atoms with Crippen LogP contribution in [0.25, 0.3) is 0 Å². The molecule has 0 saturated carbocycles. The number of phenolic OH excluding ortho intramolecular Hbond substituents is 1. The Morgan fingerprint density at radius 1 is 1.44 bits per heavy atom. The lowest BCUT2D eigenvalue weighted by atomic mass is 10.1. The van der Waals surface area contributed by atoms with Gasteiger partial charge in [0.05, 0.1) is 6.54 Å². The van der Waals surface area contributed by atoms with Gasteiger partial charge in [0.2, 0.25) is 5.91 Å². The number of carbonyl (C=O) groups excluding carboxylic acids is 1. The molecular weight excluding hydrogens is 228 g/mol. The summed E-state index contributed by atoms with van der Waals surface area (Å²) < 4.78 is 0. The highest BCUT2D eigenvalue weighted by atomic mass is 16.3. The van der Waals surface area contributed by atoms with E-state index in [1.165, 1.54) is 0 Å². The summed E-state index contributed by atoms with van der Waals surface area (Å²) in [6, 6.07) is 5.80. The number of amides is 1. The molecule has 0 spiro atoms. The zero-order chi connectivity index (χ0) is 13.7. The lowest BCUT2D eigenvalue weighted by Crippen LogP contribution is -2.38. The van der Waals surface area contributed by atoms with E-state index >= 15 is 0 Å². The van der Waals surface area contributed by atoms with Crippen LogP contribution < -0.4 is 5.32 Å². The molecule has 0 unspecified atom stereocenters. The van der Waals surface area contributed by atoms with Crippen molar-refractivity contribution in [1.82, 2.24) is 10.2 Å². The standard InChI is InChI=1S/C14H22N2O2/c1-10(2)15-13(17)9-16(4)8-12-7-5-6-11(3)14(12)18/h5-7,10,18H,8-9H2,1-4H3,(H,15,17). The van der Waals surface area contributed by atoms with Crippen LogP contribution >= 0.6 is 0 Å². The molecule has 0 atom stereocenters. The number of carbonyl (C=O) groups is 1. The Hall–Kier alpha value is -1.55. The van der Waals surface area contributed by atoms with Crippen LogP contribution in [0.2, 0.25) is 0 Å². The average Bonchev–Trinajstić information content (AvgIpc) is 2.23. The van der Waals surface area contributed by atoms with Crippen LogP contribution in [0.1, 0.15) is 25.0 Å². The van der Waals surface area contributed by atoms with Crippen LogP contribution in [0.4, 0.5) is 0 Å². The first-order valence-corrected chi connectivity index (χ1v) is 6.15. The Labute approximate surface area is 109 Å². The summed E-state index contributed by atoms with van der Waals surface area (Å²) in [6.07, 6.45) is 0. The highest BCUT2D eigenvalue weighted by Gasteiger charge is 2.10. The second-order valence-corrected chi connectivity index (χ2v) is 4.98. The molecule has 0 aliphatic rings. The third-order valence-electron chi connectivity index (χ3n) is 2.62. The smallest absolute Gasteiger partial charge is 0.234 e. The zero-order valence-electron chi connectivity index (χ0n) is 11.5. The van der Waals surface area contributed by atoms with Gasteiger partial charge in [-0.25, -0.2) is 0 Å². The first-order chi connectivity index (χ1) is 8.40. The summed E-state index contributed by atoms with van der Waals surface area (Å²) in [4.78, 5) is 13.5. The molecule has 1 amide bonds. The molecule has 0 radical (unpaired) electrons. The molecule has 4 heteroatoms. The number of hydrogen-bond acceptors (Lipinski definition) is 3. The predicted octanol–water partition coefficient (Wildman–Crippen LogP) is 1.66. The van der Waals surface area contributed by atoms with E-state index in [4.69, 9.17) is 0 Å². The highest BCUT2D eigenvalue weighted by molar-refractivity contribution is 5.78. The Bertz CT molecular complexity index is 416. The van der Waals surface area contributed by atoms with Crippen molar-refractivity contribution in [2.75, 3.05) is 13.6 Å². The lowest BCUT2D eigenvalue weighted by Gasteiger charge is -2.18. The second-order valence-electron chi connectivity index (χ2n) is 4.98. The number of aromatic hydroxyl groups is 1. The van der Waals surface area contributed by atoms with Crippen molar-refractivity contribution in [3.63, 3.8) is 0 Å². The maximum absolute atomic E-state index is 11.6. The molecule has 0 fully saturated rings. The molecule has 0 bridgehead atoms. The van der Waals surface area contributed by atoms with E-state index in [0.29, 0.717) is 18.8 Å². The molecule has 0 aliphatic carbocycles. The number of nitrogens with zero attached hydrogens (tertiary/aromatic N) is 1. The number of benzene rings is 1. The minimum Gasteiger partial charge on any atom is -0.507 e. The van der Waals surface area contributed by atoms with Crippen LogP contribution in [0.3, 0.4) is 0 Å². The minimum atomic E-state index is -0.000331. The largest absolute Gasteiger partial charge is 0.507 e. The molecule has 18 heavy (non-hydrogen) atoms. The predicted molar refractivity (Wildman–Crippen MR) is 72.5 cm³/mol. The summed E-state index contributed by atoms with van der Waals surface area (Å²) >= 11 is 0.